The lowest BCUT2D eigenvalue weighted by atomic mass is 10.1. The first-order valence-electron chi connectivity index (χ1n) is 9.48. The minimum absolute atomic E-state index is 0.209. The van der Waals surface area contributed by atoms with Crippen LogP contribution in [0.4, 0.5) is 11.4 Å². The molecule has 0 spiro atoms. The third-order valence-corrected chi connectivity index (χ3v) is 4.80. The summed E-state index contributed by atoms with van der Waals surface area (Å²) >= 11 is 0. The largest absolute Gasteiger partial charge is 0.497 e. The Kier molecular flexibility index (Phi) is 5.44. The molecule has 0 aliphatic rings. The minimum atomic E-state index is -0.231. The summed E-state index contributed by atoms with van der Waals surface area (Å²) < 4.78 is 5.10. The number of fused-ring (bicyclic) bond motifs is 1. The highest BCUT2D eigenvalue weighted by Gasteiger charge is 2.10. The summed E-state index contributed by atoms with van der Waals surface area (Å²) in [5, 5.41) is 7.83. The molecule has 30 heavy (non-hydrogen) atoms. The molecule has 148 valence electrons. The molecule has 0 aliphatic heterocycles. The number of anilines is 2. The SMILES string of the molecule is COc1ccc(C(=O)Nc2ccc(C(=O)Nc3cccc4ccccc34)cc2)cc1. The molecule has 4 aromatic carbocycles. The number of amides is 2. The van der Waals surface area contributed by atoms with Crippen LogP contribution in [0.3, 0.4) is 0 Å². The number of carbonyl (C=O) groups excluding carboxylic acids is 2. The zero-order valence-corrected chi connectivity index (χ0v) is 16.4. The summed E-state index contributed by atoms with van der Waals surface area (Å²) in [5.74, 6) is 0.248. The van der Waals surface area contributed by atoms with Crippen molar-refractivity contribution in [2.75, 3.05) is 17.7 Å². The van der Waals surface area contributed by atoms with Gasteiger partial charge in [-0.15, -0.1) is 0 Å². The van der Waals surface area contributed by atoms with Gasteiger partial charge >= 0.3 is 0 Å². The summed E-state index contributed by atoms with van der Waals surface area (Å²) in [6.45, 7) is 0. The van der Waals surface area contributed by atoms with Crippen molar-refractivity contribution in [3.8, 4) is 5.75 Å². The summed E-state index contributed by atoms with van der Waals surface area (Å²) in [4.78, 5) is 25.0. The van der Waals surface area contributed by atoms with Crippen molar-refractivity contribution in [1.29, 1.82) is 0 Å². The zero-order chi connectivity index (χ0) is 20.9. The lowest BCUT2D eigenvalue weighted by Crippen LogP contribution is -2.14. The van der Waals surface area contributed by atoms with Gasteiger partial charge in [0.1, 0.15) is 5.75 Å². The van der Waals surface area contributed by atoms with Crippen molar-refractivity contribution in [1.82, 2.24) is 0 Å². The Morgan fingerprint density at radius 2 is 1.27 bits per heavy atom. The maximum absolute atomic E-state index is 12.7. The lowest BCUT2D eigenvalue weighted by Gasteiger charge is -2.10. The molecule has 4 rings (SSSR count). The third kappa shape index (κ3) is 4.15. The molecule has 0 aromatic heterocycles. The predicted octanol–water partition coefficient (Wildman–Crippen LogP) is 5.35. The van der Waals surface area contributed by atoms with Crippen LogP contribution < -0.4 is 15.4 Å². The number of rotatable bonds is 5. The summed E-state index contributed by atoms with van der Waals surface area (Å²) in [6.07, 6.45) is 0. The van der Waals surface area contributed by atoms with Gasteiger partial charge in [-0.1, -0.05) is 36.4 Å². The summed E-state index contributed by atoms with van der Waals surface area (Å²) in [7, 11) is 1.58. The highest BCUT2D eigenvalue weighted by Crippen LogP contribution is 2.24. The highest BCUT2D eigenvalue weighted by molar-refractivity contribution is 6.09. The Morgan fingerprint density at radius 1 is 0.667 bits per heavy atom. The molecular formula is C25H20N2O3. The quantitative estimate of drug-likeness (QED) is 0.478. The Labute approximate surface area is 174 Å². The first kappa shape index (κ1) is 19.2. The number of nitrogens with one attached hydrogen (secondary N) is 2. The van der Waals surface area contributed by atoms with Gasteiger partial charge < -0.3 is 15.4 Å². The van der Waals surface area contributed by atoms with Crippen molar-refractivity contribution in [3.05, 3.63) is 102 Å². The van der Waals surface area contributed by atoms with Crippen molar-refractivity contribution in [2.24, 2.45) is 0 Å². The topological polar surface area (TPSA) is 67.4 Å². The zero-order valence-electron chi connectivity index (χ0n) is 16.4. The standard InChI is InChI=1S/C25H20N2O3/c1-30-21-15-11-19(12-16-21)24(28)26-20-13-9-18(10-14-20)25(29)27-23-8-4-6-17-5-2-3-7-22(17)23/h2-16H,1H3,(H,26,28)(H,27,29). The second kappa shape index (κ2) is 8.49. The Balaban J connectivity index is 1.44. The fourth-order valence-corrected chi connectivity index (χ4v) is 3.18. The van der Waals surface area contributed by atoms with Gasteiger partial charge in [0, 0.05) is 27.9 Å². The molecule has 0 heterocycles. The van der Waals surface area contributed by atoms with Crippen molar-refractivity contribution < 1.29 is 14.3 Å². The van der Waals surface area contributed by atoms with E-state index in [-0.39, 0.29) is 11.8 Å². The van der Waals surface area contributed by atoms with Crippen LogP contribution in [-0.2, 0) is 0 Å². The number of ether oxygens (including phenoxy) is 1. The van der Waals surface area contributed by atoms with Crippen molar-refractivity contribution >= 4 is 34.0 Å². The average molecular weight is 396 g/mol. The van der Waals surface area contributed by atoms with Gasteiger partial charge in [-0.25, -0.2) is 0 Å². The predicted molar refractivity (Wildman–Crippen MR) is 119 cm³/mol. The number of hydrogen-bond donors (Lipinski definition) is 2. The molecule has 4 aromatic rings. The van der Waals surface area contributed by atoms with Crippen LogP contribution in [0, 0.1) is 0 Å². The van der Waals surface area contributed by atoms with E-state index >= 15 is 0 Å². The van der Waals surface area contributed by atoms with Crippen LogP contribution in [0.5, 0.6) is 5.75 Å². The van der Waals surface area contributed by atoms with E-state index in [4.69, 9.17) is 4.74 Å². The second-order valence-corrected chi connectivity index (χ2v) is 6.74. The van der Waals surface area contributed by atoms with Gasteiger partial charge in [0.2, 0.25) is 0 Å². The molecule has 2 amide bonds. The highest BCUT2D eigenvalue weighted by atomic mass is 16.5. The molecule has 0 saturated carbocycles. The van der Waals surface area contributed by atoms with Gasteiger partial charge in [-0.05, 0) is 60.0 Å². The monoisotopic (exact) mass is 396 g/mol. The molecule has 5 heteroatoms. The van der Waals surface area contributed by atoms with Gasteiger partial charge in [0.15, 0.2) is 0 Å². The average Bonchev–Trinajstić information content (AvgIpc) is 2.80. The van der Waals surface area contributed by atoms with E-state index in [9.17, 15) is 9.59 Å². The molecule has 0 fully saturated rings. The van der Waals surface area contributed by atoms with E-state index in [1.54, 1.807) is 55.6 Å². The fraction of sp³-hybridized carbons (Fsp3) is 0.0400. The maximum atomic E-state index is 12.7. The molecule has 0 atom stereocenters. The normalized spacial score (nSPS) is 10.4. The van der Waals surface area contributed by atoms with Crippen LogP contribution in [0.25, 0.3) is 10.8 Å². The minimum Gasteiger partial charge on any atom is -0.497 e. The molecule has 0 unspecified atom stereocenters. The van der Waals surface area contributed by atoms with Gasteiger partial charge in [-0.2, -0.15) is 0 Å². The van der Waals surface area contributed by atoms with E-state index in [1.165, 1.54) is 0 Å². The molecule has 0 radical (unpaired) electrons. The van der Waals surface area contributed by atoms with Crippen LogP contribution in [0.15, 0.2) is 91.0 Å². The van der Waals surface area contributed by atoms with Crippen LogP contribution in [0.1, 0.15) is 20.7 Å². The van der Waals surface area contributed by atoms with Crippen molar-refractivity contribution in [3.63, 3.8) is 0 Å². The lowest BCUT2D eigenvalue weighted by molar-refractivity contribution is 0.102. The molecular weight excluding hydrogens is 376 g/mol. The molecule has 0 aliphatic carbocycles. The fourth-order valence-electron chi connectivity index (χ4n) is 3.18. The number of hydrogen-bond acceptors (Lipinski definition) is 3. The molecule has 5 nitrogen and oxygen atoms in total. The Hall–Kier alpha value is -4.12. The van der Waals surface area contributed by atoms with E-state index in [0.29, 0.717) is 22.6 Å². The number of methoxy groups -OCH3 is 1. The van der Waals surface area contributed by atoms with E-state index < -0.39 is 0 Å². The Bertz CT molecular complexity index is 1190. The Morgan fingerprint density at radius 3 is 1.97 bits per heavy atom. The van der Waals surface area contributed by atoms with E-state index in [1.807, 2.05) is 42.5 Å². The van der Waals surface area contributed by atoms with Gasteiger partial charge in [-0.3, -0.25) is 9.59 Å². The molecule has 0 saturated heterocycles. The number of carbonyl (C=O) groups is 2. The first-order valence-corrected chi connectivity index (χ1v) is 9.48. The van der Waals surface area contributed by atoms with Crippen molar-refractivity contribution in [2.45, 2.75) is 0 Å². The third-order valence-electron chi connectivity index (χ3n) is 4.80. The second-order valence-electron chi connectivity index (χ2n) is 6.74. The van der Waals surface area contributed by atoms with E-state index in [2.05, 4.69) is 10.6 Å². The van der Waals surface area contributed by atoms with Gasteiger partial charge in [0.25, 0.3) is 11.8 Å². The van der Waals surface area contributed by atoms with Crippen LogP contribution in [-0.4, -0.2) is 18.9 Å². The maximum Gasteiger partial charge on any atom is 0.255 e. The summed E-state index contributed by atoms with van der Waals surface area (Å²) in [5.41, 5.74) is 2.39. The van der Waals surface area contributed by atoms with Crippen LogP contribution in [0.2, 0.25) is 0 Å². The van der Waals surface area contributed by atoms with E-state index in [0.717, 1.165) is 16.5 Å². The van der Waals surface area contributed by atoms with Crippen LogP contribution >= 0.6 is 0 Å². The molecule has 0 bridgehead atoms. The summed E-state index contributed by atoms with van der Waals surface area (Å²) in [6, 6.07) is 27.3. The van der Waals surface area contributed by atoms with Gasteiger partial charge in [0.05, 0.1) is 7.11 Å². The first-order chi connectivity index (χ1) is 14.6. The number of benzene rings is 4. The smallest absolute Gasteiger partial charge is 0.255 e. The molecule has 2 N–H and O–H groups in total.